The zero-order valence-electron chi connectivity index (χ0n) is 14.0. The van der Waals surface area contributed by atoms with E-state index in [-0.39, 0.29) is 11.1 Å². The summed E-state index contributed by atoms with van der Waals surface area (Å²) in [6.07, 6.45) is 1.80. The highest BCUT2D eigenvalue weighted by Gasteiger charge is 2.14. The molecule has 3 aromatic rings. The zero-order valence-corrected chi connectivity index (χ0v) is 15.6. The van der Waals surface area contributed by atoms with Gasteiger partial charge in [0, 0.05) is 4.88 Å². The molecule has 0 atom stereocenters. The Labute approximate surface area is 157 Å². The Bertz CT molecular complexity index is 1220. The van der Waals surface area contributed by atoms with Gasteiger partial charge in [0.05, 0.1) is 17.3 Å². The fourth-order valence-corrected chi connectivity index (χ4v) is 4.42. The molecule has 0 N–H and O–H groups in total. The van der Waals surface area contributed by atoms with Crippen LogP contribution in [0.1, 0.15) is 10.4 Å². The fourth-order valence-electron chi connectivity index (χ4n) is 2.46. The van der Waals surface area contributed by atoms with Crippen LogP contribution in [-0.4, -0.2) is 11.7 Å². The van der Waals surface area contributed by atoms with Crippen molar-refractivity contribution in [1.82, 2.24) is 4.57 Å². The predicted molar refractivity (Wildman–Crippen MR) is 103 cm³/mol. The Hall–Kier alpha value is -3.13. The van der Waals surface area contributed by atoms with Gasteiger partial charge in [-0.3, -0.25) is 9.36 Å². The largest absolute Gasteiger partial charge is 0.495 e. The highest BCUT2D eigenvalue weighted by molar-refractivity contribution is 7.11. The molecule has 2 heterocycles. The molecule has 0 spiro atoms. The number of nitriles is 2. The van der Waals surface area contributed by atoms with Crippen LogP contribution in [0.5, 0.6) is 5.75 Å². The number of rotatable bonds is 3. The van der Waals surface area contributed by atoms with Gasteiger partial charge < -0.3 is 4.74 Å². The molecular formula is C19H13N3O2S2. The van der Waals surface area contributed by atoms with E-state index in [1.165, 1.54) is 23.0 Å². The van der Waals surface area contributed by atoms with Crippen LogP contribution in [0.25, 0.3) is 17.3 Å². The van der Waals surface area contributed by atoms with Crippen molar-refractivity contribution in [2.45, 2.75) is 6.92 Å². The standard InChI is InChI=1S/C19H13N3O2S2/c1-12-7-8-25-16(12)9-17-18(23)22(19(26-17)13(10-20)11-21)14-5-3-4-6-15(14)24-2/h3-9H,1-2H3/b17-9+. The lowest BCUT2D eigenvalue weighted by Crippen LogP contribution is -2.31. The highest BCUT2D eigenvalue weighted by atomic mass is 32.1. The molecule has 2 aromatic heterocycles. The fraction of sp³-hybridized carbons (Fsp3) is 0.105. The molecule has 26 heavy (non-hydrogen) atoms. The topological polar surface area (TPSA) is 78.8 Å². The molecule has 0 saturated heterocycles. The van der Waals surface area contributed by atoms with Gasteiger partial charge in [-0.1, -0.05) is 12.1 Å². The summed E-state index contributed by atoms with van der Waals surface area (Å²) in [5, 5.41) is 20.6. The third-order valence-electron chi connectivity index (χ3n) is 3.75. The number of aromatic nitrogens is 1. The van der Waals surface area contributed by atoms with E-state index in [2.05, 4.69) is 0 Å². The zero-order chi connectivity index (χ0) is 18.7. The molecule has 1 aromatic carbocycles. The quantitative estimate of drug-likeness (QED) is 0.699. The average molecular weight is 379 g/mol. The minimum Gasteiger partial charge on any atom is -0.495 e. The Morgan fingerprint density at radius 3 is 2.58 bits per heavy atom. The summed E-state index contributed by atoms with van der Waals surface area (Å²) < 4.78 is 7.48. The molecule has 0 fully saturated rings. The molecule has 0 saturated carbocycles. The van der Waals surface area contributed by atoms with E-state index in [1.807, 2.05) is 30.5 Å². The van der Waals surface area contributed by atoms with Gasteiger partial charge in [-0.15, -0.1) is 22.7 Å². The van der Waals surface area contributed by atoms with E-state index >= 15 is 0 Å². The van der Waals surface area contributed by atoms with Crippen LogP contribution in [0.4, 0.5) is 0 Å². The van der Waals surface area contributed by atoms with Crippen LogP contribution in [0, 0.1) is 29.6 Å². The molecule has 0 aliphatic heterocycles. The lowest BCUT2D eigenvalue weighted by molar-refractivity contribution is 0.412. The van der Waals surface area contributed by atoms with Crippen molar-refractivity contribution in [3.8, 4) is 23.6 Å². The molecule has 0 unspecified atom stereocenters. The summed E-state index contributed by atoms with van der Waals surface area (Å²) in [6, 6.07) is 12.8. The molecule has 0 bridgehead atoms. The van der Waals surface area contributed by atoms with E-state index in [1.54, 1.807) is 30.3 Å². The number of nitrogens with zero attached hydrogens (tertiary/aromatic N) is 3. The Balaban J connectivity index is 2.46. The summed E-state index contributed by atoms with van der Waals surface area (Å²) in [6.45, 7) is 1.97. The third-order valence-corrected chi connectivity index (χ3v) is 5.81. The summed E-state index contributed by atoms with van der Waals surface area (Å²) in [5.74, 6) is 0.489. The van der Waals surface area contributed by atoms with Crippen molar-refractivity contribution >= 4 is 34.3 Å². The number of ether oxygens (including phenoxy) is 1. The Kier molecular flexibility index (Phi) is 5.04. The lowest BCUT2D eigenvalue weighted by atomic mass is 10.2. The molecule has 5 nitrogen and oxygen atoms in total. The second kappa shape index (κ2) is 7.40. The van der Waals surface area contributed by atoms with Crippen LogP contribution < -0.4 is 19.5 Å². The Morgan fingerprint density at radius 2 is 1.96 bits per heavy atom. The third kappa shape index (κ3) is 3.06. The van der Waals surface area contributed by atoms with Crippen LogP contribution in [0.3, 0.4) is 0 Å². The minimum atomic E-state index is -0.287. The molecular weight excluding hydrogens is 366 g/mol. The first-order valence-electron chi connectivity index (χ1n) is 7.56. The molecule has 0 amide bonds. The maximum atomic E-state index is 13.1. The van der Waals surface area contributed by atoms with Gasteiger partial charge in [0.2, 0.25) is 0 Å². The number of hydrogen-bond acceptors (Lipinski definition) is 6. The average Bonchev–Trinajstić information content (AvgIpc) is 3.20. The smallest absolute Gasteiger partial charge is 0.273 e. The number of aryl methyl sites for hydroxylation is 1. The van der Waals surface area contributed by atoms with E-state index in [0.717, 1.165) is 21.8 Å². The van der Waals surface area contributed by atoms with Gasteiger partial charge in [-0.25, -0.2) is 0 Å². The maximum absolute atomic E-state index is 13.1. The number of para-hydroxylation sites is 2. The summed E-state index contributed by atoms with van der Waals surface area (Å²) in [5.41, 5.74) is 1.17. The van der Waals surface area contributed by atoms with Crippen LogP contribution in [0.2, 0.25) is 0 Å². The molecule has 0 aliphatic carbocycles. The van der Waals surface area contributed by atoms with Crippen molar-refractivity contribution in [2.24, 2.45) is 0 Å². The number of methoxy groups -OCH3 is 1. The molecule has 7 heteroatoms. The van der Waals surface area contributed by atoms with E-state index < -0.39 is 0 Å². The number of hydrogen-bond donors (Lipinski definition) is 0. The van der Waals surface area contributed by atoms with Crippen molar-refractivity contribution in [2.75, 3.05) is 7.11 Å². The first-order valence-corrected chi connectivity index (χ1v) is 9.26. The first kappa shape index (κ1) is 17.7. The minimum absolute atomic E-state index is 0.111. The predicted octanol–water partition coefficient (Wildman–Crippen LogP) is 2.30. The number of thiophene rings is 1. The van der Waals surface area contributed by atoms with E-state index in [4.69, 9.17) is 4.74 Å². The lowest BCUT2D eigenvalue weighted by Gasteiger charge is -2.08. The molecule has 128 valence electrons. The van der Waals surface area contributed by atoms with Gasteiger partial charge in [-0.05, 0) is 42.1 Å². The summed E-state index contributed by atoms with van der Waals surface area (Å²) in [7, 11) is 1.51. The van der Waals surface area contributed by atoms with Crippen molar-refractivity contribution in [1.29, 1.82) is 10.5 Å². The van der Waals surface area contributed by atoms with Crippen molar-refractivity contribution in [3.05, 3.63) is 65.7 Å². The van der Waals surface area contributed by atoms with Gasteiger partial charge >= 0.3 is 0 Å². The van der Waals surface area contributed by atoms with Crippen LogP contribution >= 0.6 is 22.7 Å². The molecule has 3 rings (SSSR count). The molecule has 0 aliphatic rings. The SMILES string of the molecule is COc1ccccc1-n1c(=C(C#N)C#N)s/c(=C/c2sccc2C)c1=O. The second-order valence-corrected chi connectivity index (χ2v) is 7.27. The summed E-state index contributed by atoms with van der Waals surface area (Å²) >= 11 is 2.66. The van der Waals surface area contributed by atoms with Gasteiger partial charge in [0.15, 0.2) is 5.57 Å². The highest BCUT2D eigenvalue weighted by Crippen LogP contribution is 2.20. The monoisotopic (exact) mass is 379 g/mol. The van der Waals surface area contributed by atoms with Gasteiger partial charge in [0.25, 0.3) is 5.56 Å². The van der Waals surface area contributed by atoms with Crippen LogP contribution in [0.15, 0.2) is 40.5 Å². The number of benzene rings is 1. The second-order valence-electron chi connectivity index (χ2n) is 5.29. The van der Waals surface area contributed by atoms with Gasteiger partial charge in [-0.2, -0.15) is 10.5 Å². The summed E-state index contributed by atoms with van der Waals surface area (Å²) in [4.78, 5) is 14.1. The molecule has 0 radical (unpaired) electrons. The van der Waals surface area contributed by atoms with Gasteiger partial charge in [0.1, 0.15) is 22.6 Å². The van der Waals surface area contributed by atoms with Crippen molar-refractivity contribution < 1.29 is 4.74 Å². The normalized spacial score (nSPS) is 11.0. The first-order chi connectivity index (χ1) is 12.6. The van der Waals surface area contributed by atoms with Crippen molar-refractivity contribution in [3.63, 3.8) is 0 Å². The Morgan fingerprint density at radius 1 is 1.23 bits per heavy atom. The van der Waals surface area contributed by atoms with E-state index in [9.17, 15) is 15.3 Å². The maximum Gasteiger partial charge on any atom is 0.273 e. The van der Waals surface area contributed by atoms with Crippen LogP contribution in [-0.2, 0) is 0 Å². The number of thiazole rings is 1. The van der Waals surface area contributed by atoms with E-state index in [0.29, 0.717) is 20.6 Å².